The molecule has 1 unspecified atom stereocenters. The van der Waals surface area contributed by atoms with Crippen LogP contribution in [0.25, 0.3) is 0 Å². The van der Waals surface area contributed by atoms with Gasteiger partial charge in [-0.1, -0.05) is 31.2 Å². The van der Waals surface area contributed by atoms with Crippen LogP contribution < -0.4 is 0 Å². The summed E-state index contributed by atoms with van der Waals surface area (Å²) < 4.78 is 90.8. The minimum absolute atomic E-state index is 0.00688. The van der Waals surface area contributed by atoms with Crippen molar-refractivity contribution in [3.05, 3.63) is 70.8 Å². The third-order valence-electron chi connectivity index (χ3n) is 5.07. The molecule has 0 N–H and O–H groups in total. The van der Waals surface area contributed by atoms with Crippen LogP contribution in [0, 0.1) is 0 Å². The van der Waals surface area contributed by atoms with Crippen LogP contribution in [0.5, 0.6) is 0 Å². The molecule has 190 valence electrons. The number of hydrogen-bond acceptors (Lipinski definition) is 3. The van der Waals surface area contributed by atoms with Gasteiger partial charge in [-0.15, -0.1) is 0 Å². The molecule has 0 saturated carbocycles. The number of carbonyl (C=O) groups excluding carboxylic acids is 3. The van der Waals surface area contributed by atoms with Crippen molar-refractivity contribution in [1.29, 1.82) is 0 Å². The third kappa shape index (κ3) is 7.52. The fourth-order valence-corrected chi connectivity index (χ4v) is 3.10. The quantitative estimate of drug-likeness (QED) is 0.336. The maximum Gasteiger partial charge on any atom is 0.416 e. The summed E-state index contributed by atoms with van der Waals surface area (Å²) in [5.41, 5.74) is -1.70. The van der Waals surface area contributed by atoms with Gasteiger partial charge in [0, 0.05) is 13.0 Å². The molecule has 12 heteroatoms. The zero-order chi connectivity index (χ0) is 26.4. The first kappa shape index (κ1) is 27.8. The summed E-state index contributed by atoms with van der Waals surface area (Å²) in [6, 6.07) is 5.97. The molecule has 2 aromatic rings. The fourth-order valence-electron chi connectivity index (χ4n) is 3.10. The number of nitrogens with zero attached hydrogens (tertiary/aromatic N) is 2. The van der Waals surface area contributed by atoms with E-state index in [-0.39, 0.29) is 31.4 Å². The molecule has 2 rings (SSSR count). The molecule has 0 aliphatic carbocycles. The summed E-state index contributed by atoms with van der Waals surface area (Å²) in [5, 5.41) is 0. The van der Waals surface area contributed by atoms with Crippen molar-refractivity contribution in [3.8, 4) is 0 Å². The minimum atomic E-state index is -4.62. The summed E-state index contributed by atoms with van der Waals surface area (Å²) in [7, 11) is 0. The summed E-state index contributed by atoms with van der Waals surface area (Å²) in [6.07, 6.45) is -11.4. The Bertz CT molecular complexity index is 1020. The molecular formula is C23H21F7N2O3. The summed E-state index contributed by atoms with van der Waals surface area (Å²) in [6.45, 7) is 0.284. The van der Waals surface area contributed by atoms with Crippen LogP contribution in [0.1, 0.15) is 41.8 Å². The highest BCUT2D eigenvalue weighted by atomic mass is 19.4. The number of alkyl halides is 7. The van der Waals surface area contributed by atoms with Gasteiger partial charge >= 0.3 is 18.4 Å². The first-order valence-electron chi connectivity index (χ1n) is 10.3. The van der Waals surface area contributed by atoms with E-state index in [1.54, 1.807) is 0 Å². The van der Waals surface area contributed by atoms with Crippen molar-refractivity contribution in [2.45, 2.75) is 38.3 Å². The minimum Gasteiger partial charge on any atom is -0.278 e. The van der Waals surface area contributed by atoms with E-state index < -0.39 is 48.1 Å². The largest absolute Gasteiger partial charge is 0.416 e. The second-order valence-electron chi connectivity index (χ2n) is 7.47. The smallest absolute Gasteiger partial charge is 0.278 e. The van der Waals surface area contributed by atoms with Gasteiger partial charge in [-0.05, 0) is 41.8 Å². The number of hydrogen-bond donors (Lipinski definition) is 0. The topological polar surface area (TPSA) is 57.7 Å². The molecule has 0 heterocycles. The lowest BCUT2D eigenvalue weighted by Gasteiger charge is -2.26. The normalized spacial score (nSPS) is 12.7. The highest BCUT2D eigenvalue weighted by molar-refractivity contribution is 5.98. The number of imide groups is 2. The highest BCUT2D eigenvalue weighted by Gasteiger charge is 2.32. The molecule has 0 spiro atoms. The van der Waals surface area contributed by atoms with E-state index in [4.69, 9.17) is 0 Å². The second-order valence-corrected chi connectivity index (χ2v) is 7.47. The Morgan fingerprint density at radius 1 is 0.886 bits per heavy atom. The summed E-state index contributed by atoms with van der Waals surface area (Å²) in [4.78, 5) is 37.6. The Hall–Kier alpha value is -3.44. The maximum atomic E-state index is 14.7. The van der Waals surface area contributed by atoms with E-state index in [2.05, 4.69) is 0 Å². The summed E-state index contributed by atoms with van der Waals surface area (Å²) in [5.74, 6) is -0.710. The van der Waals surface area contributed by atoms with Crippen molar-refractivity contribution in [3.63, 3.8) is 0 Å². The zero-order valence-corrected chi connectivity index (χ0v) is 18.4. The first-order chi connectivity index (χ1) is 16.3. The molecule has 0 aliphatic heterocycles. The molecule has 0 bridgehead atoms. The number of benzene rings is 2. The molecule has 0 radical (unpaired) electrons. The lowest BCUT2D eigenvalue weighted by Crippen LogP contribution is -2.47. The maximum absolute atomic E-state index is 14.7. The van der Waals surface area contributed by atoms with E-state index in [1.807, 2.05) is 0 Å². The molecule has 1 atom stereocenters. The Labute approximate surface area is 196 Å². The molecular weight excluding hydrogens is 485 g/mol. The lowest BCUT2D eigenvalue weighted by atomic mass is 10.1. The van der Waals surface area contributed by atoms with E-state index >= 15 is 0 Å². The second kappa shape index (κ2) is 11.3. The molecule has 35 heavy (non-hydrogen) atoms. The Kier molecular flexibility index (Phi) is 9.00. The fraction of sp³-hybridized carbons (Fsp3) is 0.348. The molecule has 0 aromatic heterocycles. The van der Waals surface area contributed by atoms with E-state index in [0.29, 0.717) is 27.5 Å². The molecule has 0 aliphatic rings. The van der Waals surface area contributed by atoms with Crippen molar-refractivity contribution >= 4 is 18.3 Å². The Morgan fingerprint density at radius 2 is 1.37 bits per heavy atom. The Morgan fingerprint density at radius 3 is 1.80 bits per heavy atom. The van der Waals surface area contributed by atoms with Crippen LogP contribution in [-0.4, -0.2) is 41.2 Å². The van der Waals surface area contributed by atoms with Crippen LogP contribution in [0.2, 0.25) is 0 Å². The zero-order valence-electron chi connectivity index (χ0n) is 18.4. The highest BCUT2D eigenvalue weighted by Crippen LogP contribution is 2.31. The SMILES string of the molecule is CCC(=O)N(CCc1ccc(C(F)(F)F)cc1)C(=O)N(C=O)CC(F)c1ccc(C(F)(F)F)cc1. The van der Waals surface area contributed by atoms with Crippen LogP contribution in [0.15, 0.2) is 48.5 Å². The Balaban J connectivity index is 2.11. The van der Waals surface area contributed by atoms with Crippen LogP contribution >= 0.6 is 0 Å². The van der Waals surface area contributed by atoms with E-state index in [9.17, 15) is 45.1 Å². The molecule has 2 aromatic carbocycles. The molecule has 4 amide bonds. The number of carbonyl (C=O) groups is 3. The third-order valence-corrected chi connectivity index (χ3v) is 5.07. The number of halogens is 7. The van der Waals surface area contributed by atoms with Gasteiger partial charge in [0.1, 0.15) is 6.17 Å². The lowest BCUT2D eigenvalue weighted by molar-refractivity contribution is -0.138. The summed E-state index contributed by atoms with van der Waals surface area (Å²) >= 11 is 0. The number of amides is 4. The van der Waals surface area contributed by atoms with E-state index in [1.165, 1.54) is 19.1 Å². The average Bonchev–Trinajstić information content (AvgIpc) is 2.81. The van der Waals surface area contributed by atoms with Crippen molar-refractivity contribution < 1.29 is 45.1 Å². The molecule has 5 nitrogen and oxygen atoms in total. The standard InChI is InChI=1S/C23H21F7N2O3/c1-2-20(34)32(12-11-15-3-7-17(8-4-15)22(25,26)27)21(35)31(14-33)13-19(24)16-5-9-18(10-6-16)23(28,29)30/h3-10,14,19H,2,11-13H2,1H3. The van der Waals surface area contributed by atoms with Gasteiger partial charge in [0.15, 0.2) is 0 Å². The van der Waals surface area contributed by atoms with Gasteiger partial charge in [0.2, 0.25) is 12.3 Å². The first-order valence-corrected chi connectivity index (χ1v) is 10.3. The van der Waals surface area contributed by atoms with Crippen LogP contribution in [-0.2, 0) is 28.4 Å². The van der Waals surface area contributed by atoms with Gasteiger partial charge < -0.3 is 0 Å². The predicted octanol–water partition coefficient (Wildman–Crippen LogP) is 5.79. The van der Waals surface area contributed by atoms with Gasteiger partial charge in [0.05, 0.1) is 17.7 Å². The predicted molar refractivity (Wildman–Crippen MR) is 111 cm³/mol. The van der Waals surface area contributed by atoms with E-state index in [0.717, 1.165) is 24.3 Å². The van der Waals surface area contributed by atoms with Crippen molar-refractivity contribution in [2.75, 3.05) is 13.1 Å². The number of rotatable bonds is 8. The average molecular weight is 506 g/mol. The van der Waals surface area contributed by atoms with Crippen LogP contribution in [0.3, 0.4) is 0 Å². The molecule has 0 saturated heterocycles. The van der Waals surface area contributed by atoms with Gasteiger partial charge in [0.25, 0.3) is 0 Å². The molecule has 0 fully saturated rings. The van der Waals surface area contributed by atoms with Crippen molar-refractivity contribution in [1.82, 2.24) is 9.80 Å². The number of urea groups is 1. The monoisotopic (exact) mass is 506 g/mol. The van der Waals surface area contributed by atoms with Crippen LogP contribution in [0.4, 0.5) is 35.5 Å². The van der Waals surface area contributed by atoms with Gasteiger partial charge in [-0.2, -0.15) is 26.3 Å². The van der Waals surface area contributed by atoms with Gasteiger partial charge in [-0.3, -0.25) is 19.4 Å². The van der Waals surface area contributed by atoms with Crippen molar-refractivity contribution in [2.24, 2.45) is 0 Å². The van der Waals surface area contributed by atoms with Gasteiger partial charge in [-0.25, -0.2) is 9.18 Å².